The SMILES string of the molecule is CCC12COC(=O)N1CCN(C(=O)c1oc3c(OC)c(OC)ccc3c1C)C2. The van der Waals surface area contributed by atoms with Crippen LogP contribution in [0.25, 0.3) is 11.0 Å². The highest BCUT2D eigenvalue weighted by molar-refractivity contribution is 6.01. The van der Waals surface area contributed by atoms with Crippen LogP contribution in [-0.4, -0.2) is 67.8 Å². The van der Waals surface area contributed by atoms with Gasteiger partial charge in [-0.05, 0) is 25.5 Å². The molecule has 4 rings (SSSR count). The Kier molecular flexibility index (Phi) is 4.36. The second-order valence-electron chi connectivity index (χ2n) is 7.24. The van der Waals surface area contributed by atoms with Crippen molar-refractivity contribution >= 4 is 23.0 Å². The predicted octanol–water partition coefficient (Wildman–Crippen LogP) is 2.82. The minimum absolute atomic E-state index is 0.193. The molecule has 1 aromatic carbocycles. The number of nitrogens with zero attached hydrogens (tertiary/aromatic N) is 2. The lowest BCUT2D eigenvalue weighted by Crippen LogP contribution is -2.62. The van der Waals surface area contributed by atoms with Gasteiger partial charge >= 0.3 is 6.09 Å². The van der Waals surface area contributed by atoms with Gasteiger partial charge in [0.15, 0.2) is 17.1 Å². The first-order valence-corrected chi connectivity index (χ1v) is 9.33. The minimum atomic E-state index is -0.466. The van der Waals surface area contributed by atoms with Crippen molar-refractivity contribution in [1.82, 2.24) is 9.80 Å². The highest BCUT2D eigenvalue weighted by Crippen LogP contribution is 2.40. The van der Waals surface area contributed by atoms with Crippen LogP contribution in [0.4, 0.5) is 4.79 Å². The van der Waals surface area contributed by atoms with Gasteiger partial charge in [0, 0.05) is 30.6 Å². The number of hydrogen-bond acceptors (Lipinski definition) is 6. The predicted molar refractivity (Wildman–Crippen MR) is 101 cm³/mol. The van der Waals surface area contributed by atoms with Gasteiger partial charge in [-0.2, -0.15) is 0 Å². The molecule has 0 radical (unpaired) electrons. The molecule has 8 nitrogen and oxygen atoms in total. The van der Waals surface area contributed by atoms with E-state index in [-0.39, 0.29) is 17.8 Å². The van der Waals surface area contributed by atoms with Crippen molar-refractivity contribution in [3.8, 4) is 11.5 Å². The number of piperazine rings is 1. The second-order valence-corrected chi connectivity index (χ2v) is 7.24. The van der Waals surface area contributed by atoms with Crippen LogP contribution in [0.15, 0.2) is 16.5 Å². The van der Waals surface area contributed by atoms with E-state index in [1.165, 1.54) is 7.11 Å². The fourth-order valence-electron chi connectivity index (χ4n) is 4.18. The molecule has 0 N–H and O–H groups in total. The highest BCUT2D eigenvalue weighted by Gasteiger charge is 2.50. The Labute approximate surface area is 162 Å². The van der Waals surface area contributed by atoms with Gasteiger partial charge in [0.1, 0.15) is 6.61 Å². The van der Waals surface area contributed by atoms with Crippen molar-refractivity contribution in [2.75, 3.05) is 40.5 Å². The topological polar surface area (TPSA) is 81.5 Å². The van der Waals surface area contributed by atoms with E-state index >= 15 is 0 Å². The van der Waals surface area contributed by atoms with Gasteiger partial charge in [-0.1, -0.05) is 6.92 Å². The quantitative estimate of drug-likeness (QED) is 0.801. The summed E-state index contributed by atoms with van der Waals surface area (Å²) in [4.78, 5) is 28.8. The second kappa shape index (κ2) is 6.61. The summed E-state index contributed by atoms with van der Waals surface area (Å²) in [7, 11) is 3.10. The number of carbonyl (C=O) groups excluding carboxylic acids is 2. The lowest BCUT2D eigenvalue weighted by atomic mass is 9.92. The van der Waals surface area contributed by atoms with Crippen LogP contribution >= 0.6 is 0 Å². The van der Waals surface area contributed by atoms with Gasteiger partial charge in [-0.25, -0.2) is 4.79 Å². The van der Waals surface area contributed by atoms with Crippen LogP contribution in [0.2, 0.25) is 0 Å². The monoisotopic (exact) mass is 388 g/mol. The third-order valence-electron chi connectivity index (χ3n) is 5.92. The van der Waals surface area contributed by atoms with Crippen molar-refractivity contribution in [2.45, 2.75) is 25.8 Å². The molecule has 150 valence electrons. The summed E-state index contributed by atoms with van der Waals surface area (Å²) in [5.41, 5.74) is 0.782. The molecule has 2 aliphatic rings. The van der Waals surface area contributed by atoms with Crippen LogP contribution in [-0.2, 0) is 4.74 Å². The Morgan fingerprint density at radius 3 is 2.71 bits per heavy atom. The number of aryl methyl sites for hydroxylation is 1. The first kappa shape index (κ1) is 18.5. The van der Waals surface area contributed by atoms with E-state index in [1.807, 2.05) is 19.9 Å². The molecule has 1 unspecified atom stereocenters. The van der Waals surface area contributed by atoms with E-state index in [0.29, 0.717) is 49.7 Å². The maximum absolute atomic E-state index is 13.3. The fraction of sp³-hybridized carbons (Fsp3) is 0.500. The molecule has 1 aromatic heterocycles. The lowest BCUT2D eigenvalue weighted by molar-refractivity contribution is 0.0339. The number of hydrogen-bond donors (Lipinski definition) is 0. The van der Waals surface area contributed by atoms with Crippen LogP contribution in [0.1, 0.15) is 29.5 Å². The number of methoxy groups -OCH3 is 2. The summed E-state index contributed by atoms with van der Waals surface area (Å²) in [6, 6.07) is 3.66. The Hall–Kier alpha value is -2.90. The number of ether oxygens (including phenoxy) is 3. The Morgan fingerprint density at radius 2 is 2.04 bits per heavy atom. The van der Waals surface area contributed by atoms with E-state index in [9.17, 15) is 9.59 Å². The van der Waals surface area contributed by atoms with Gasteiger partial charge in [0.05, 0.1) is 19.8 Å². The standard InChI is InChI=1S/C20H24N2O6/c1-5-20-10-21(8-9-22(20)19(24)27-11-20)18(23)15-12(2)13-6-7-14(25-3)17(26-4)16(13)28-15/h6-7H,5,8-11H2,1-4H3. The van der Waals surface area contributed by atoms with Gasteiger partial charge in [-0.3, -0.25) is 9.69 Å². The number of furan rings is 1. The Balaban J connectivity index is 1.70. The zero-order valence-electron chi connectivity index (χ0n) is 16.5. The van der Waals surface area contributed by atoms with E-state index in [4.69, 9.17) is 18.6 Å². The molecule has 2 fully saturated rings. The first-order chi connectivity index (χ1) is 13.5. The minimum Gasteiger partial charge on any atom is -0.493 e. The first-order valence-electron chi connectivity index (χ1n) is 9.33. The average molecular weight is 388 g/mol. The van der Waals surface area contributed by atoms with Crippen molar-refractivity contribution in [2.24, 2.45) is 0 Å². The third kappa shape index (κ3) is 2.51. The summed E-state index contributed by atoms with van der Waals surface area (Å²) in [6.45, 7) is 5.48. The number of cyclic esters (lactones) is 1. The van der Waals surface area contributed by atoms with E-state index < -0.39 is 5.54 Å². The molecule has 2 saturated heterocycles. The van der Waals surface area contributed by atoms with Gasteiger partial charge in [0.2, 0.25) is 5.75 Å². The molecular formula is C20H24N2O6. The number of benzene rings is 1. The molecule has 2 aliphatic heterocycles. The molecule has 8 heteroatoms. The molecule has 1 atom stereocenters. The smallest absolute Gasteiger partial charge is 0.410 e. The lowest BCUT2D eigenvalue weighted by Gasteiger charge is -2.43. The number of carbonyl (C=O) groups is 2. The zero-order chi connectivity index (χ0) is 20.1. The molecule has 0 saturated carbocycles. The summed E-state index contributed by atoms with van der Waals surface area (Å²) in [6.07, 6.45) is 0.415. The molecule has 28 heavy (non-hydrogen) atoms. The fourth-order valence-corrected chi connectivity index (χ4v) is 4.18. The molecule has 0 bridgehead atoms. The number of fused-ring (bicyclic) bond motifs is 2. The summed E-state index contributed by atoms with van der Waals surface area (Å²) in [5, 5.41) is 0.809. The van der Waals surface area contributed by atoms with Crippen LogP contribution < -0.4 is 9.47 Å². The summed E-state index contributed by atoms with van der Waals surface area (Å²) >= 11 is 0. The zero-order valence-corrected chi connectivity index (χ0v) is 16.5. The molecule has 2 amide bonds. The molecule has 0 aliphatic carbocycles. The van der Waals surface area contributed by atoms with Crippen molar-refractivity contribution < 1.29 is 28.2 Å². The van der Waals surface area contributed by atoms with Crippen LogP contribution in [0.5, 0.6) is 11.5 Å². The Bertz CT molecular complexity index is 952. The average Bonchev–Trinajstić information content (AvgIpc) is 3.24. The maximum Gasteiger partial charge on any atom is 0.410 e. The molecular weight excluding hydrogens is 364 g/mol. The van der Waals surface area contributed by atoms with Gasteiger partial charge in [-0.15, -0.1) is 0 Å². The van der Waals surface area contributed by atoms with Gasteiger partial charge in [0.25, 0.3) is 5.91 Å². The van der Waals surface area contributed by atoms with Crippen molar-refractivity contribution in [3.63, 3.8) is 0 Å². The normalized spacial score (nSPS) is 21.6. The summed E-state index contributed by atoms with van der Waals surface area (Å²) in [5.74, 6) is 1.10. The number of amides is 2. The maximum atomic E-state index is 13.3. The molecule has 2 aromatic rings. The molecule has 0 spiro atoms. The third-order valence-corrected chi connectivity index (χ3v) is 5.92. The molecule has 3 heterocycles. The van der Waals surface area contributed by atoms with Crippen molar-refractivity contribution in [3.05, 3.63) is 23.5 Å². The van der Waals surface area contributed by atoms with Crippen LogP contribution in [0.3, 0.4) is 0 Å². The summed E-state index contributed by atoms with van der Waals surface area (Å²) < 4.78 is 22.0. The van der Waals surface area contributed by atoms with Crippen LogP contribution in [0, 0.1) is 6.92 Å². The van der Waals surface area contributed by atoms with E-state index in [1.54, 1.807) is 23.0 Å². The largest absolute Gasteiger partial charge is 0.493 e. The Morgan fingerprint density at radius 1 is 1.25 bits per heavy atom. The number of rotatable bonds is 4. The van der Waals surface area contributed by atoms with Crippen molar-refractivity contribution in [1.29, 1.82) is 0 Å². The van der Waals surface area contributed by atoms with E-state index in [0.717, 1.165) is 10.9 Å². The van der Waals surface area contributed by atoms with E-state index in [2.05, 4.69) is 0 Å². The highest BCUT2D eigenvalue weighted by atomic mass is 16.6. The van der Waals surface area contributed by atoms with Gasteiger partial charge < -0.3 is 23.5 Å².